The summed E-state index contributed by atoms with van der Waals surface area (Å²) in [6, 6.07) is 24.4. The Kier molecular flexibility index (Phi) is 3.05. The lowest BCUT2D eigenvalue weighted by atomic mass is 10.0. The number of nitrogen functional groups attached to an aromatic ring is 2. The topological polar surface area (TPSA) is 57.0 Å². The lowest BCUT2D eigenvalue weighted by molar-refractivity contribution is 1.13. The summed E-state index contributed by atoms with van der Waals surface area (Å²) in [6.45, 7) is 0. The first-order valence-electron chi connectivity index (χ1n) is 7.54. The van der Waals surface area contributed by atoms with Crippen molar-refractivity contribution in [2.75, 3.05) is 11.5 Å². The zero-order valence-electron chi connectivity index (χ0n) is 12.6. The molecule has 1 heterocycles. The summed E-state index contributed by atoms with van der Waals surface area (Å²) in [5, 5.41) is 1.22. The van der Waals surface area contributed by atoms with Crippen molar-refractivity contribution in [3.05, 3.63) is 79.0 Å². The van der Waals surface area contributed by atoms with Crippen LogP contribution < -0.4 is 11.5 Å². The molecule has 23 heavy (non-hydrogen) atoms. The van der Waals surface area contributed by atoms with Gasteiger partial charge in [-0.05, 0) is 59.7 Å². The van der Waals surface area contributed by atoms with Crippen LogP contribution in [0.5, 0.6) is 0 Å². The van der Waals surface area contributed by atoms with Gasteiger partial charge in [0.1, 0.15) is 0 Å². The van der Waals surface area contributed by atoms with Crippen molar-refractivity contribution in [1.29, 1.82) is 0 Å². The van der Waals surface area contributed by atoms with Crippen LogP contribution in [0.3, 0.4) is 0 Å². The fourth-order valence-corrected chi connectivity index (χ4v) is 2.94. The number of rotatable bonds is 2. The van der Waals surface area contributed by atoms with Crippen molar-refractivity contribution in [1.82, 2.24) is 4.57 Å². The average Bonchev–Trinajstić information content (AvgIpc) is 3.00. The monoisotopic (exact) mass is 299 g/mol. The highest BCUT2D eigenvalue weighted by Crippen LogP contribution is 2.31. The van der Waals surface area contributed by atoms with E-state index in [4.69, 9.17) is 11.5 Å². The molecule has 3 aromatic carbocycles. The molecule has 0 unspecified atom stereocenters. The number of hydrogen-bond donors (Lipinski definition) is 2. The lowest BCUT2D eigenvalue weighted by Crippen LogP contribution is -1.93. The highest BCUT2D eigenvalue weighted by Gasteiger charge is 2.08. The molecule has 0 fully saturated rings. The van der Waals surface area contributed by atoms with Gasteiger partial charge in [-0.1, -0.05) is 24.3 Å². The van der Waals surface area contributed by atoms with E-state index >= 15 is 0 Å². The normalized spacial score (nSPS) is 11.0. The SMILES string of the molecule is Nc1ccc(-c2cccc3c2ccn3-c2ccc(N)cc2)cc1. The second-order valence-corrected chi connectivity index (χ2v) is 5.64. The third-order valence-electron chi connectivity index (χ3n) is 4.13. The third kappa shape index (κ3) is 2.32. The fraction of sp³-hybridized carbons (Fsp3) is 0. The van der Waals surface area contributed by atoms with E-state index in [2.05, 4.69) is 47.2 Å². The largest absolute Gasteiger partial charge is 0.399 e. The van der Waals surface area contributed by atoms with E-state index < -0.39 is 0 Å². The van der Waals surface area contributed by atoms with Gasteiger partial charge in [0.05, 0.1) is 5.52 Å². The summed E-state index contributed by atoms with van der Waals surface area (Å²) in [5.74, 6) is 0. The quantitative estimate of drug-likeness (QED) is 0.537. The minimum Gasteiger partial charge on any atom is -0.399 e. The standard InChI is InChI=1S/C20H17N3/c21-15-6-4-14(5-7-15)18-2-1-3-20-19(18)12-13-23(20)17-10-8-16(22)9-11-17/h1-13H,21-22H2. The third-order valence-corrected chi connectivity index (χ3v) is 4.13. The Morgan fingerprint density at radius 1 is 0.652 bits per heavy atom. The number of aromatic nitrogens is 1. The number of fused-ring (bicyclic) bond motifs is 1. The smallest absolute Gasteiger partial charge is 0.0534 e. The van der Waals surface area contributed by atoms with E-state index in [0.717, 1.165) is 17.1 Å². The Morgan fingerprint density at radius 2 is 1.30 bits per heavy atom. The first-order chi connectivity index (χ1) is 11.2. The van der Waals surface area contributed by atoms with Crippen molar-refractivity contribution >= 4 is 22.3 Å². The van der Waals surface area contributed by atoms with Gasteiger partial charge in [0, 0.05) is 28.6 Å². The minimum atomic E-state index is 0.771. The molecular formula is C20H17N3. The summed E-state index contributed by atoms with van der Waals surface area (Å²) in [6.07, 6.45) is 2.09. The van der Waals surface area contributed by atoms with Gasteiger partial charge in [-0.15, -0.1) is 0 Å². The van der Waals surface area contributed by atoms with Crippen LogP contribution in [0.15, 0.2) is 79.0 Å². The van der Waals surface area contributed by atoms with E-state index in [0.29, 0.717) is 0 Å². The maximum atomic E-state index is 5.80. The van der Waals surface area contributed by atoms with Crippen LogP contribution in [0.1, 0.15) is 0 Å². The molecule has 0 saturated heterocycles. The molecule has 1 aromatic heterocycles. The molecule has 112 valence electrons. The van der Waals surface area contributed by atoms with E-state index in [1.165, 1.54) is 22.0 Å². The Bertz CT molecular complexity index is 964. The molecule has 4 aromatic rings. The summed E-state index contributed by atoms with van der Waals surface area (Å²) < 4.78 is 2.18. The average molecular weight is 299 g/mol. The Hall–Kier alpha value is -3.20. The van der Waals surface area contributed by atoms with Crippen LogP contribution in [0.4, 0.5) is 11.4 Å². The van der Waals surface area contributed by atoms with Crippen molar-refractivity contribution in [2.24, 2.45) is 0 Å². The fourth-order valence-electron chi connectivity index (χ4n) is 2.94. The van der Waals surface area contributed by atoms with Crippen LogP contribution in [0, 0.1) is 0 Å². The van der Waals surface area contributed by atoms with Crippen molar-refractivity contribution < 1.29 is 0 Å². The zero-order chi connectivity index (χ0) is 15.8. The van der Waals surface area contributed by atoms with Gasteiger partial charge in [-0.3, -0.25) is 0 Å². The molecule has 0 aliphatic rings. The zero-order valence-corrected chi connectivity index (χ0v) is 12.6. The maximum absolute atomic E-state index is 5.80. The van der Waals surface area contributed by atoms with Crippen LogP contribution >= 0.6 is 0 Å². The highest BCUT2D eigenvalue weighted by atomic mass is 15.0. The van der Waals surface area contributed by atoms with Gasteiger partial charge in [0.2, 0.25) is 0 Å². The maximum Gasteiger partial charge on any atom is 0.0534 e. The second kappa shape index (κ2) is 5.21. The first kappa shape index (κ1) is 13.5. The number of anilines is 2. The predicted molar refractivity (Wildman–Crippen MR) is 97.5 cm³/mol. The van der Waals surface area contributed by atoms with Gasteiger partial charge in [0.15, 0.2) is 0 Å². The molecule has 0 aliphatic heterocycles. The van der Waals surface area contributed by atoms with E-state index in [-0.39, 0.29) is 0 Å². The molecule has 3 nitrogen and oxygen atoms in total. The Morgan fingerprint density at radius 3 is 2.00 bits per heavy atom. The molecule has 0 amide bonds. The second-order valence-electron chi connectivity index (χ2n) is 5.64. The van der Waals surface area contributed by atoms with Crippen molar-refractivity contribution in [3.63, 3.8) is 0 Å². The molecule has 4 rings (SSSR count). The Labute approximate surface area is 134 Å². The van der Waals surface area contributed by atoms with Crippen LogP contribution in [0.25, 0.3) is 27.7 Å². The molecule has 0 saturated carbocycles. The van der Waals surface area contributed by atoms with Crippen LogP contribution in [-0.4, -0.2) is 4.57 Å². The van der Waals surface area contributed by atoms with Gasteiger partial charge in [-0.2, -0.15) is 0 Å². The van der Waals surface area contributed by atoms with E-state index in [1.807, 2.05) is 36.4 Å². The molecule has 0 aliphatic carbocycles. The van der Waals surface area contributed by atoms with Crippen molar-refractivity contribution in [3.8, 4) is 16.8 Å². The number of benzene rings is 3. The van der Waals surface area contributed by atoms with Crippen LogP contribution in [0.2, 0.25) is 0 Å². The summed E-state index contributed by atoms with van der Waals surface area (Å²) in [7, 11) is 0. The molecular weight excluding hydrogens is 282 g/mol. The molecule has 0 atom stereocenters. The van der Waals surface area contributed by atoms with E-state index in [9.17, 15) is 0 Å². The van der Waals surface area contributed by atoms with Gasteiger partial charge in [0.25, 0.3) is 0 Å². The van der Waals surface area contributed by atoms with Crippen LogP contribution in [-0.2, 0) is 0 Å². The predicted octanol–water partition coefficient (Wildman–Crippen LogP) is 4.46. The van der Waals surface area contributed by atoms with Gasteiger partial charge >= 0.3 is 0 Å². The molecule has 0 spiro atoms. The Balaban J connectivity index is 1.89. The van der Waals surface area contributed by atoms with E-state index in [1.54, 1.807) is 0 Å². The molecule has 3 heteroatoms. The lowest BCUT2D eigenvalue weighted by Gasteiger charge is -2.08. The number of hydrogen-bond acceptors (Lipinski definition) is 2. The van der Waals surface area contributed by atoms with Gasteiger partial charge < -0.3 is 16.0 Å². The van der Waals surface area contributed by atoms with Crippen molar-refractivity contribution in [2.45, 2.75) is 0 Å². The molecule has 0 bridgehead atoms. The molecule has 0 radical (unpaired) electrons. The number of nitrogens with zero attached hydrogens (tertiary/aromatic N) is 1. The summed E-state index contributed by atoms with van der Waals surface area (Å²) >= 11 is 0. The first-order valence-corrected chi connectivity index (χ1v) is 7.54. The molecule has 4 N–H and O–H groups in total. The number of nitrogens with two attached hydrogens (primary N) is 2. The van der Waals surface area contributed by atoms with Gasteiger partial charge in [-0.25, -0.2) is 0 Å². The summed E-state index contributed by atoms with van der Waals surface area (Å²) in [5.41, 5.74) is 17.8. The highest BCUT2D eigenvalue weighted by molar-refractivity contribution is 5.96. The minimum absolute atomic E-state index is 0.771. The summed E-state index contributed by atoms with van der Waals surface area (Å²) in [4.78, 5) is 0.